The number of ether oxygens (including phenoxy) is 1. The average molecular weight is 411 g/mol. The Bertz CT molecular complexity index is 1030. The summed E-state index contributed by atoms with van der Waals surface area (Å²) in [6, 6.07) is 14.0. The molecule has 1 saturated carbocycles. The van der Waals surface area contributed by atoms with E-state index in [0.29, 0.717) is 21.8 Å². The minimum atomic E-state index is -1.43. The molecule has 2 aromatic carbocycles. The van der Waals surface area contributed by atoms with E-state index in [-0.39, 0.29) is 37.3 Å². The Morgan fingerprint density at radius 1 is 1.10 bits per heavy atom. The molecule has 6 nitrogen and oxygen atoms in total. The lowest BCUT2D eigenvalue weighted by Gasteiger charge is -2.48. The summed E-state index contributed by atoms with van der Waals surface area (Å²) in [5.41, 5.74) is 0.177. The van der Waals surface area contributed by atoms with Crippen molar-refractivity contribution in [1.82, 2.24) is 4.90 Å². The third-order valence-corrected chi connectivity index (χ3v) is 6.22. The van der Waals surface area contributed by atoms with Crippen molar-refractivity contribution in [1.29, 1.82) is 0 Å². The molecule has 1 atom stereocenters. The van der Waals surface area contributed by atoms with E-state index in [1.807, 2.05) is 6.07 Å². The SMILES string of the molecule is O=C1CCC2(C(=O)OCc3ccccc3Cl)N1c1ccccc1C(=O)N2C1CC1. The number of carbonyl (C=O) groups is 3. The van der Waals surface area contributed by atoms with Crippen LogP contribution in [0.15, 0.2) is 48.5 Å². The van der Waals surface area contributed by atoms with Crippen molar-refractivity contribution in [2.24, 2.45) is 0 Å². The Morgan fingerprint density at radius 3 is 2.59 bits per heavy atom. The van der Waals surface area contributed by atoms with Crippen LogP contribution < -0.4 is 4.90 Å². The van der Waals surface area contributed by atoms with Gasteiger partial charge in [0.15, 0.2) is 0 Å². The molecule has 2 aromatic rings. The van der Waals surface area contributed by atoms with E-state index in [2.05, 4.69) is 0 Å². The maximum atomic E-state index is 13.5. The molecular formula is C22H19ClN2O4. The van der Waals surface area contributed by atoms with Gasteiger partial charge in [-0.05, 0) is 31.0 Å². The maximum absolute atomic E-state index is 13.5. The molecule has 0 N–H and O–H groups in total. The molecule has 0 spiro atoms. The quantitative estimate of drug-likeness (QED) is 0.723. The Labute approximate surface area is 173 Å². The van der Waals surface area contributed by atoms with E-state index in [1.54, 1.807) is 47.4 Å². The monoisotopic (exact) mass is 410 g/mol. The molecule has 29 heavy (non-hydrogen) atoms. The van der Waals surface area contributed by atoms with Crippen LogP contribution in [0.25, 0.3) is 0 Å². The molecule has 1 aliphatic carbocycles. The van der Waals surface area contributed by atoms with Crippen LogP contribution >= 0.6 is 11.6 Å². The second-order valence-corrected chi connectivity index (χ2v) is 8.04. The minimum absolute atomic E-state index is 0.0172. The normalized spacial score (nSPS) is 23.1. The fourth-order valence-corrected chi connectivity index (χ4v) is 4.58. The topological polar surface area (TPSA) is 66.9 Å². The van der Waals surface area contributed by atoms with E-state index >= 15 is 0 Å². The smallest absolute Gasteiger partial charge is 0.354 e. The first-order chi connectivity index (χ1) is 14.0. The summed E-state index contributed by atoms with van der Waals surface area (Å²) >= 11 is 6.19. The summed E-state index contributed by atoms with van der Waals surface area (Å²) in [6.07, 6.45) is 2.04. The lowest BCUT2D eigenvalue weighted by Crippen LogP contribution is -2.69. The predicted octanol–water partition coefficient (Wildman–Crippen LogP) is 3.52. The van der Waals surface area contributed by atoms with Gasteiger partial charge in [0.25, 0.3) is 5.91 Å². The first-order valence-corrected chi connectivity index (χ1v) is 10.1. The van der Waals surface area contributed by atoms with Crippen molar-refractivity contribution in [2.75, 3.05) is 4.90 Å². The van der Waals surface area contributed by atoms with E-state index in [4.69, 9.17) is 16.3 Å². The van der Waals surface area contributed by atoms with Crippen LogP contribution in [0.1, 0.15) is 41.6 Å². The Kier molecular flexibility index (Phi) is 4.13. The molecule has 7 heteroatoms. The molecule has 1 saturated heterocycles. The zero-order valence-electron chi connectivity index (χ0n) is 15.6. The van der Waals surface area contributed by atoms with E-state index < -0.39 is 11.6 Å². The second-order valence-electron chi connectivity index (χ2n) is 7.64. The van der Waals surface area contributed by atoms with Crippen molar-refractivity contribution in [3.8, 4) is 0 Å². The Morgan fingerprint density at radius 2 is 1.83 bits per heavy atom. The molecule has 2 amide bonds. The van der Waals surface area contributed by atoms with Crippen LogP contribution in [0.4, 0.5) is 5.69 Å². The number of rotatable bonds is 4. The summed E-state index contributed by atoms with van der Waals surface area (Å²) in [7, 11) is 0. The highest BCUT2D eigenvalue weighted by Crippen LogP contribution is 2.49. The van der Waals surface area contributed by atoms with E-state index in [0.717, 1.165) is 12.8 Å². The van der Waals surface area contributed by atoms with Crippen molar-refractivity contribution in [3.05, 3.63) is 64.7 Å². The van der Waals surface area contributed by atoms with Gasteiger partial charge in [0.2, 0.25) is 11.6 Å². The third-order valence-electron chi connectivity index (χ3n) is 5.86. The molecule has 0 aromatic heterocycles. The van der Waals surface area contributed by atoms with Gasteiger partial charge in [0, 0.05) is 29.5 Å². The van der Waals surface area contributed by atoms with E-state index in [9.17, 15) is 14.4 Å². The van der Waals surface area contributed by atoms with Crippen molar-refractivity contribution < 1.29 is 19.1 Å². The summed E-state index contributed by atoms with van der Waals surface area (Å²) in [5, 5.41) is 0.501. The van der Waals surface area contributed by atoms with Crippen LogP contribution in [0.2, 0.25) is 5.02 Å². The van der Waals surface area contributed by atoms with Gasteiger partial charge in [-0.2, -0.15) is 0 Å². The number of fused-ring (bicyclic) bond motifs is 3. The number of nitrogens with zero attached hydrogens (tertiary/aromatic N) is 2. The van der Waals surface area contributed by atoms with Gasteiger partial charge in [-0.25, -0.2) is 4.79 Å². The second kappa shape index (κ2) is 6.59. The predicted molar refractivity (Wildman–Crippen MR) is 106 cm³/mol. The fraction of sp³-hybridized carbons (Fsp3) is 0.318. The zero-order valence-corrected chi connectivity index (χ0v) is 16.4. The Hall–Kier alpha value is -2.86. The molecule has 2 aliphatic heterocycles. The molecule has 148 valence electrons. The van der Waals surface area contributed by atoms with Gasteiger partial charge in [-0.1, -0.05) is 41.9 Å². The van der Waals surface area contributed by atoms with Gasteiger partial charge < -0.3 is 9.64 Å². The number of carbonyl (C=O) groups excluding carboxylic acids is 3. The van der Waals surface area contributed by atoms with Crippen molar-refractivity contribution in [2.45, 2.75) is 44.0 Å². The number of para-hydroxylation sites is 1. The van der Waals surface area contributed by atoms with Gasteiger partial charge in [-0.3, -0.25) is 14.5 Å². The maximum Gasteiger partial charge on any atom is 0.354 e. The molecular weight excluding hydrogens is 392 g/mol. The van der Waals surface area contributed by atoms with Crippen LogP contribution in [0.5, 0.6) is 0 Å². The minimum Gasteiger partial charge on any atom is -0.458 e. The molecule has 2 heterocycles. The largest absolute Gasteiger partial charge is 0.458 e. The summed E-state index contributed by atoms with van der Waals surface area (Å²) < 4.78 is 5.66. The molecule has 0 bridgehead atoms. The van der Waals surface area contributed by atoms with Crippen LogP contribution in [-0.2, 0) is 20.9 Å². The highest BCUT2D eigenvalue weighted by Gasteiger charge is 2.64. The number of anilines is 1. The summed E-state index contributed by atoms with van der Waals surface area (Å²) in [6.45, 7) is -0.0172. The number of amides is 2. The average Bonchev–Trinajstić information content (AvgIpc) is 3.50. The lowest BCUT2D eigenvalue weighted by atomic mass is 9.96. The summed E-state index contributed by atoms with van der Waals surface area (Å²) in [5.74, 6) is -0.980. The first kappa shape index (κ1) is 18.2. The third kappa shape index (κ3) is 2.66. The number of benzene rings is 2. The van der Waals surface area contributed by atoms with Gasteiger partial charge >= 0.3 is 5.97 Å². The van der Waals surface area contributed by atoms with Crippen molar-refractivity contribution >= 4 is 35.1 Å². The number of hydrogen-bond acceptors (Lipinski definition) is 4. The highest BCUT2D eigenvalue weighted by atomic mass is 35.5. The van der Waals surface area contributed by atoms with Crippen LogP contribution in [0.3, 0.4) is 0 Å². The number of hydrogen-bond donors (Lipinski definition) is 0. The molecule has 0 radical (unpaired) electrons. The lowest BCUT2D eigenvalue weighted by molar-refractivity contribution is -0.159. The number of halogens is 1. The van der Waals surface area contributed by atoms with Gasteiger partial charge in [0.1, 0.15) is 6.61 Å². The molecule has 1 unspecified atom stereocenters. The van der Waals surface area contributed by atoms with Crippen LogP contribution in [-0.4, -0.2) is 34.4 Å². The van der Waals surface area contributed by atoms with E-state index in [1.165, 1.54) is 4.90 Å². The van der Waals surface area contributed by atoms with Crippen LogP contribution in [0, 0.1) is 0 Å². The molecule has 2 fully saturated rings. The first-order valence-electron chi connectivity index (χ1n) is 9.70. The molecule has 3 aliphatic rings. The van der Waals surface area contributed by atoms with Gasteiger partial charge in [0.05, 0.1) is 11.3 Å². The zero-order chi connectivity index (χ0) is 20.2. The highest BCUT2D eigenvalue weighted by molar-refractivity contribution is 6.31. The fourth-order valence-electron chi connectivity index (χ4n) is 4.39. The Balaban J connectivity index is 1.56. The van der Waals surface area contributed by atoms with Crippen molar-refractivity contribution in [3.63, 3.8) is 0 Å². The standard InChI is InChI=1S/C22H19ClN2O4/c23-17-7-3-1-5-14(17)13-29-21(28)22-12-11-19(26)25(22)18-8-4-2-6-16(18)20(27)24(22)15-9-10-15/h1-8,15H,9-13H2. The number of esters is 1. The summed E-state index contributed by atoms with van der Waals surface area (Å²) in [4.78, 5) is 42.8. The van der Waals surface area contributed by atoms with Gasteiger partial charge in [-0.15, -0.1) is 0 Å². The molecule has 5 rings (SSSR count).